The molecule has 203 valence electrons. The van der Waals surface area contributed by atoms with Gasteiger partial charge in [0, 0.05) is 25.3 Å². The third-order valence-corrected chi connectivity index (χ3v) is 5.08. The molecule has 0 atom stereocenters. The zero-order valence-electron chi connectivity index (χ0n) is 22.6. The Morgan fingerprint density at radius 2 is 1.68 bits per heavy atom. The number of carbonyl (C=O) groups excluding carboxylic acids is 2. The Kier molecular flexibility index (Phi) is 11.7. The number of amides is 2. The molecule has 0 heterocycles. The van der Waals surface area contributed by atoms with Crippen molar-refractivity contribution in [1.29, 1.82) is 0 Å². The Morgan fingerprint density at radius 1 is 1.03 bits per heavy atom. The first kappa shape index (κ1) is 29.9. The average molecular weight is 516 g/mol. The number of primary amides is 1. The number of hydrogen-bond donors (Lipinski definition) is 1. The number of nitrogens with zero attached hydrogens (tertiary/aromatic N) is 1. The number of methoxy groups -OCH3 is 1. The predicted molar refractivity (Wildman–Crippen MR) is 140 cm³/mol. The molecule has 0 aromatic heterocycles. The fourth-order valence-electron chi connectivity index (χ4n) is 3.63. The van der Waals surface area contributed by atoms with E-state index in [1.54, 1.807) is 29.5 Å². The van der Waals surface area contributed by atoms with Gasteiger partial charge in [-0.15, -0.1) is 0 Å². The second-order valence-corrected chi connectivity index (χ2v) is 9.20. The lowest BCUT2D eigenvalue weighted by Crippen LogP contribution is -2.39. The number of nitrogens with two attached hydrogens (primary N) is 1. The van der Waals surface area contributed by atoms with E-state index in [4.69, 9.17) is 29.4 Å². The van der Waals surface area contributed by atoms with Crippen molar-refractivity contribution in [2.24, 2.45) is 5.73 Å². The molecule has 2 amide bonds. The fraction of sp³-hybridized carbons (Fsp3) is 0.464. The molecule has 37 heavy (non-hydrogen) atoms. The van der Waals surface area contributed by atoms with Crippen LogP contribution in [0.5, 0.6) is 17.2 Å². The second kappa shape index (κ2) is 14.4. The predicted octanol–water partition coefficient (Wildman–Crippen LogP) is 4.50. The summed E-state index contributed by atoms with van der Waals surface area (Å²) >= 11 is 0. The quantitative estimate of drug-likeness (QED) is 0.369. The minimum absolute atomic E-state index is 0.170. The zero-order valence-corrected chi connectivity index (χ0v) is 22.6. The van der Waals surface area contributed by atoms with Crippen LogP contribution in [-0.4, -0.2) is 55.7 Å². The van der Waals surface area contributed by atoms with E-state index in [1.807, 2.05) is 58.9 Å². The zero-order chi connectivity index (χ0) is 27.4. The summed E-state index contributed by atoms with van der Waals surface area (Å²) in [5.41, 5.74) is 6.50. The molecule has 0 bridgehead atoms. The van der Waals surface area contributed by atoms with Crippen LogP contribution in [0.1, 0.15) is 45.7 Å². The molecule has 0 spiro atoms. The summed E-state index contributed by atoms with van der Waals surface area (Å²) in [6, 6.07) is 12.7. The molecular formula is C28H39N2O7. The summed E-state index contributed by atoms with van der Waals surface area (Å²) in [5.74, 6) is 1.05. The van der Waals surface area contributed by atoms with E-state index in [0.717, 1.165) is 11.3 Å². The molecule has 1 radical (unpaired) electrons. The van der Waals surface area contributed by atoms with Crippen LogP contribution >= 0.6 is 0 Å². The van der Waals surface area contributed by atoms with Crippen molar-refractivity contribution in [3.8, 4) is 17.2 Å². The lowest BCUT2D eigenvalue weighted by atomic mass is 10.1. The largest absolute Gasteiger partial charge is 0.492 e. The molecule has 0 saturated carbocycles. The van der Waals surface area contributed by atoms with Gasteiger partial charge in [0.15, 0.2) is 17.8 Å². The number of para-hydroxylation sites is 1. The molecule has 0 aliphatic rings. The smallest absolute Gasteiger partial charge is 0.410 e. The van der Waals surface area contributed by atoms with Crippen LogP contribution in [0.3, 0.4) is 0 Å². The highest BCUT2D eigenvalue weighted by Gasteiger charge is 2.23. The Morgan fingerprint density at radius 3 is 2.22 bits per heavy atom. The van der Waals surface area contributed by atoms with Gasteiger partial charge in [-0.05, 0) is 64.8 Å². The van der Waals surface area contributed by atoms with Crippen molar-refractivity contribution in [3.05, 3.63) is 60.0 Å². The lowest BCUT2D eigenvalue weighted by Gasteiger charge is -2.28. The number of carbonyl (C=O) groups is 2. The monoisotopic (exact) mass is 515 g/mol. The Hall–Kier alpha value is -3.30. The molecule has 0 fully saturated rings. The van der Waals surface area contributed by atoms with Crippen LogP contribution in [-0.2, 0) is 27.2 Å². The van der Waals surface area contributed by atoms with Crippen molar-refractivity contribution >= 4 is 12.0 Å². The van der Waals surface area contributed by atoms with Crippen molar-refractivity contribution < 1.29 is 33.3 Å². The maximum Gasteiger partial charge on any atom is 0.410 e. The SMILES string of the molecule is CCOC(CN(Cc1cccc(OC(N)=O)c1OC)C(=O)[CH]Cc1ccc(OC(C)(C)C)cc1)OCC. The van der Waals surface area contributed by atoms with Gasteiger partial charge in [0.2, 0.25) is 5.91 Å². The van der Waals surface area contributed by atoms with Crippen LogP contribution in [0.4, 0.5) is 4.79 Å². The highest BCUT2D eigenvalue weighted by atomic mass is 16.7. The highest BCUT2D eigenvalue weighted by Crippen LogP contribution is 2.32. The molecule has 2 aromatic carbocycles. The van der Waals surface area contributed by atoms with Gasteiger partial charge in [0.05, 0.1) is 20.1 Å². The van der Waals surface area contributed by atoms with E-state index < -0.39 is 12.4 Å². The summed E-state index contributed by atoms with van der Waals surface area (Å²) in [6.45, 7) is 10.9. The van der Waals surface area contributed by atoms with E-state index in [-0.39, 0.29) is 30.3 Å². The van der Waals surface area contributed by atoms with Crippen LogP contribution in [0.15, 0.2) is 42.5 Å². The highest BCUT2D eigenvalue weighted by molar-refractivity contribution is 5.85. The van der Waals surface area contributed by atoms with E-state index in [1.165, 1.54) is 7.11 Å². The average Bonchev–Trinajstić information content (AvgIpc) is 2.82. The Balaban J connectivity index is 2.21. The molecule has 2 aromatic rings. The van der Waals surface area contributed by atoms with Gasteiger partial charge < -0.3 is 34.3 Å². The third kappa shape index (κ3) is 10.3. The van der Waals surface area contributed by atoms with Gasteiger partial charge >= 0.3 is 6.09 Å². The van der Waals surface area contributed by atoms with E-state index in [2.05, 4.69) is 0 Å². The van der Waals surface area contributed by atoms with E-state index >= 15 is 0 Å². The van der Waals surface area contributed by atoms with Gasteiger partial charge in [-0.3, -0.25) is 4.79 Å². The van der Waals surface area contributed by atoms with E-state index in [0.29, 0.717) is 30.9 Å². The first-order valence-corrected chi connectivity index (χ1v) is 12.3. The standard InChI is InChI=1S/C28H39N2O7/c1-7-34-25(35-8-2)19-30(18-21-10-9-11-23(26(21)33-6)36-27(29)32)24(31)17-14-20-12-15-22(16-13-20)37-28(3,4)5/h9-13,15-17,25H,7-8,14,18-19H2,1-6H3,(H2,29,32). The normalized spacial score (nSPS) is 11.3. The number of rotatable bonds is 14. The van der Waals surface area contributed by atoms with Crippen LogP contribution < -0.4 is 19.9 Å². The fourth-order valence-corrected chi connectivity index (χ4v) is 3.63. The van der Waals surface area contributed by atoms with Crippen molar-refractivity contribution in [1.82, 2.24) is 4.90 Å². The molecule has 2 rings (SSSR count). The first-order chi connectivity index (χ1) is 17.6. The van der Waals surface area contributed by atoms with E-state index in [9.17, 15) is 9.59 Å². The summed E-state index contributed by atoms with van der Waals surface area (Å²) in [7, 11) is 1.46. The molecule has 0 aliphatic carbocycles. The number of benzene rings is 2. The van der Waals surface area contributed by atoms with Gasteiger partial charge in [-0.2, -0.15) is 0 Å². The molecular weight excluding hydrogens is 476 g/mol. The van der Waals surface area contributed by atoms with Crippen molar-refractivity contribution in [2.45, 2.75) is 59.5 Å². The summed E-state index contributed by atoms with van der Waals surface area (Å²) in [5, 5.41) is 0. The van der Waals surface area contributed by atoms with Gasteiger partial charge in [-0.25, -0.2) is 4.79 Å². The van der Waals surface area contributed by atoms with Crippen LogP contribution in [0, 0.1) is 6.42 Å². The minimum atomic E-state index is -0.955. The second-order valence-electron chi connectivity index (χ2n) is 9.20. The molecule has 9 nitrogen and oxygen atoms in total. The van der Waals surface area contributed by atoms with Gasteiger partial charge in [0.1, 0.15) is 11.4 Å². The maximum atomic E-state index is 13.4. The number of ether oxygens (including phenoxy) is 5. The minimum Gasteiger partial charge on any atom is -0.492 e. The maximum absolute atomic E-state index is 13.4. The first-order valence-electron chi connectivity index (χ1n) is 12.3. The summed E-state index contributed by atoms with van der Waals surface area (Å²) in [6.07, 6.45) is 0.492. The molecule has 9 heteroatoms. The topological polar surface area (TPSA) is 110 Å². The van der Waals surface area contributed by atoms with Crippen LogP contribution in [0.25, 0.3) is 0 Å². The molecule has 2 N–H and O–H groups in total. The van der Waals surface area contributed by atoms with Gasteiger partial charge in [0.25, 0.3) is 0 Å². The van der Waals surface area contributed by atoms with Gasteiger partial charge in [-0.1, -0.05) is 24.3 Å². The summed E-state index contributed by atoms with van der Waals surface area (Å²) < 4.78 is 27.8. The van der Waals surface area contributed by atoms with Crippen molar-refractivity contribution in [3.63, 3.8) is 0 Å². The third-order valence-electron chi connectivity index (χ3n) is 5.08. The Labute approximate surface area is 219 Å². The Bertz CT molecular complexity index is 997. The summed E-state index contributed by atoms with van der Waals surface area (Å²) in [4.78, 5) is 26.3. The van der Waals surface area contributed by atoms with Crippen molar-refractivity contribution in [2.75, 3.05) is 26.9 Å². The molecule has 0 aliphatic heterocycles. The molecule has 0 unspecified atom stereocenters. The molecule has 0 saturated heterocycles. The number of hydrogen-bond acceptors (Lipinski definition) is 7. The lowest BCUT2D eigenvalue weighted by molar-refractivity contribution is -0.158. The van der Waals surface area contributed by atoms with Crippen LogP contribution in [0.2, 0.25) is 0 Å².